The summed E-state index contributed by atoms with van der Waals surface area (Å²) >= 11 is 4.07. The Morgan fingerprint density at radius 1 is 1.33 bits per heavy atom. The molecule has 0 aliphatic carbocycles. The maximum absolute atomic E-state index is 14.0. The highest BCUT2D eigenvalue weighted by atomic mass is 79.9. The highest BCUT2D eigenvalue weighted by molar-refractivity contribution is 9.10. The fraction of sp³-hybridized carbons (Fsp3) is 0.429. The molecule has 0 radical (unpaired) electrons. The molecular formula is C14H15BrF2N2OS. The molecule has 0 aliphatic heterocycles. The van der Waals surface area contributed by atoms with Gasteiger partial charge in [0.1, 0.15) is 11.6 Å². The lowest BCUT2D eigenvalue weighted by Gasteiger charge is -2.19. The number of aliphatic hydroxyl groups excluding tert-OH is 1. The van der Waals surface area contributed by atoms with Gasteiger partial charge in [0.05, 0.1) is 21.1 Å². The largest absolute Gasteiger partial charge is 0.387 e. The number of hydrogen-bond acceptors (Lipinski definition) is 4. The number of halogens is 3. The van der Waals surface area contributed by atoms with Crippen molar-refractivity contribution in [1.29, 1.82) is 0 Å². The van der Waals surface area contributed by atoms with Crippen LogP contribution in [0.3, 0.4) is 0 Å². The summed E-state index contributed by atoms with van der Waals surface area (Å²) in [6.45, 7) is 5.83. The quantitative estimate of drug-likeness (QED) is 0.818. The number of benzene rings is 1. The van der Waals surface area contributed by atoms with Crippen LogP contribution in [0.5, 0.6) is 0 Å². The summed E-state index contributed by atoms with van der Waals surface area (Å²) in [4.78, 5) is 0.543. The van der Waals surface area contributed by atoms with Gasteiger partial charge in [0, 0.05) is 17.4 Å². The molecule has 21 heavy (non-hydrogen) atoms. The number of hydrogen-bond donors (Lipinski definition) is 1. The van der Waals surface area contributed by atoms with Crippen LogP contribution < -0.4 is 0 Å². The van der Waals surface area contributed by atoms with Gasteiger partial charge in [-0.15, -0.1) is 5.10 Å². The van der Waals surface area contributed by atoms with Gasteiger partial charge in [0.15, 0.2) is 0 Å². The summed E-state index contributed by atoms with van der Waals surface area (Å²) in [6, 6.07) is 2.47. The predicted molar refractivity (Wildman–Crippen MR) is 81.3 cm³/mol. The van der Waals surface area contributed by atoms with Gasteiger partial charge >= 0.3 is 0 Å². The minimum absolute atomic E-state index is 0.148. The van der Waals surface area contributed by atoms with Crippen LogP contribution in [-0.4, -0.2) is 14.7 Å². The third-order valence-electron chi connectivity index (χ3n) is 3.06. The molecule has 1 atom stereocenters. The second kappa shape index (κ2) is 6.06. The first kappa shape index (κ1) is 16.5. The molecule has 0 fully saturated rings. The van der Waals surface area contributed by atoms with Crippen LogP contribution in [0.4, 0.5) is 8.78 Å². The van der Waals surface area contributed by atoms with Crippen LogP contribution in [0, 0.1) is 11.6 Å². The second-order valence-electron chi connectivity index (χ2n) is 5.78. The van der Waals surface area contributed by atoms with Gasteiger partial charge in [-0.3, -0.25) is 0 Å². The van der Waals surface area contributed by atoms with Gasteiger partial charge in [-0.25, -0.2) is 8.78 Å². The van der Waals surface area contributed by atoms with Crippen LogP contribution >= 0.6 is 27.5 Å². The van der Waals surface area contributed by atoms with Gasteiger partial charge in [-0.2, -0.15) is 0 Å². The number of aromatic nitrogens is 2. The topological polar surface area (TPSA) is 46.0 Å². The van der Waals surface area contributed by atoms with Gasteiger partial charge in [-0.05, 0) is 39.6 Å². The summed E-state index contributed by atoms with van der Waals surface area (Å²) in [5.41, 5.74) is 0.207. The minimum Gasteiger partial charge on any atom is -0.387 e. The summed E-state index contributed by atoms with van der Waals surface area (Å²) < 4.78 is 31.8. The Labute approximate surface area is 134 Å². The summed E-state index contributed by atoms with van der Waals surface area (Å²) in [5.74, 6) is -1.37. The lowest BCUT2D eigenvalue weighted by atomic mass is 9.89. The molecule has 1 N–H and O–H groups in total. The standard InChI is InChI=1S/C14H15BrF2N2OS/c1-14(2,3)13-12(21-19-18-13)10(20)6-7-9(16)5-4-8(15)11(7)17/h4-5,10,20H,6H2,1-3H3. The van der Waals surface area contributed by atoms with Gasteiger partial charge in [-0.1, -0.05) is 25.3 Å². The van der Waals surface area contributed by atoms with Crippen LogP contribution in [0.25, 0.3) is 0 Å². The van der Waals surface area contributed by atoms with Crippen molar-refractivity contribution in [2.45, 2.75) is 38.7 Å². The van der Waals surface area contributed by atoms with E-state index < -0.39 is 17.7 Å². The fourth-order valence-electron chi connectivity index (χ4n) is 1.98. The van der Waals surface area contributed by atoms with Crippen LogP contribution in [-0.2, 0) is 11.8 Å². The third kappa shape index (κ3) is 3.46. The number of rotatable bonds is 3. The Kier molecular flexibility index (Phi) is 4.75. The normalized spacial score (nSPS) is 13.5. The lowest BCUT2D eigenvalue weighted by molar-refractivity contribution is 0.176. The van der Waals surface area contributed by atoms with Crippen molar-refractivity contribution in [3.8, 4) is 0 Å². The zero-order chi connectivity index (χ0) is 15.8. The molecule has 0 amide bonds. The maximum atomic E-state index is 14.0. The van der Waals surface area contributed by atoms with Gasteiger partial charge < -0.3 is 5.11 Å². The zero-order valence-corrected chi connectivity index (χ0v) is 14.2. The van der Waals surface area contributed by atoms with Crippen molar-refractivity contribution < 1.29 is 13.9 Å². The minimum atomic E-state index is -1.04. The van der Waals surface area contributed by atoms with E-state index in [4.69, 9.17) is 0 Å². The van der Waals surface area contributed by atoms with E-state index in [1.807, 2.05) is 20.8 Å². The third-order valence-corrected chi connectivity index (χ3v) is 4.50. The first-order valence-electron chi connectivity index (χ1n) is 6.35. The monoisotopic (exact) mass is 376 g/mol. The summed E-state index contributed by atoms with van der Waals surface area (Å²) in [5, 5.41) is 14.4. The molecule has 114 valence electrons. The van der Waals surface area contributed by atoms with Crippen molar-refractivity contribution in [2.24, 2.45) is 0 Å². The van der Waals surface area contributed by atoms with E-state index >= 15 is 0 Å². The first-order chi connectivity index (χ1) is 9.71. The van der Waals surface area contributed by atoms with E-state index in [0.717, 1.165) is 11.5 Å². The highest BCUT2D eigenvalue weighted by Crippen LogP contribution is 2.33. The Hall–Kier alpha value is -0.920. The molecule has 0 spiro atoms. The van der Waals surface area contributed by atoms with Crippen molar-refractivity contribution in [2.75, 3.05) is 0 Å². The SMILES string of the molecule is CC(C)(C)c1nnsc1C(O)Cc1c(F)ccc(Br)c1F. The van der Waals surface area contributed by atoms with E-state index in [-0.39, 0.29) is 21.9 Å². The van der Waals surface area contributed by atoms with E-state index in [1.165, 1.54) is 12.1 Å². The molecule has 0 bridgehead atoms. The molecule has 1 unspecified atom stereocenters. The van der Waals surface area contributed by atoms with Crippen molar-refractivity contribution in [1.82, 2.24) is 9.59 Å². The van der Waals surface area contributed by atoms with Crippen LogP contribution in [0.2, 0.25) is 0 Å². The van der Waals surface area contributed by atoms with E-state index in [9.17, 15) is 13.9 Å². The summed E-state index contributed by atoms with van der Waals surface area (Å²) in [7, 11) is 0. The van der Waals surface area contributed by atoms with E-state index in [0.29, 0.717) is 10.6 Å². The molecule has 3 nitrogen and oxygen atoms in total. The average molecular weight is 377 g/mol. The highest BCUT2D eigenvalue weighted by Gasteiger charge is 2.27. The van der Waals surface area contributed by atoms with E-state index in [1.54, 1.807) is 0 Å². The first-order valence-corrected chi connectivity index (χ1v) is 7.91. The number of aliphatic hydroxyl groups is 1. The molecule has 1 heterocycles. The lowest BCUT2D eigenvalue weighted by Crippen LogP contribution is -2.17. The molecule has 0 aliphatic rings. The van der Waals surface area contributed by atoms with Crippen LogP contribution in [0.15, 0.2) is 16.6 Å². The summed E-state index contributed by atoms with van der Waals surface area (Å²) in [6.07, 6.45) is -1.21. The molecule has 1 aromatic heterocycles. The Bertz CT molecular complexity index is 655. The van der Waals surface area contributed by atoms with Gasteiger partial charge in [0.2, 0.25) is 0 Å². The van der Waals surface area contributed by atoms with Crippen molar-refractivity contribution in [3.63, 3.8) is 0 Å². The fourth-order valence-corrected chi connectivity index (χ4v) is 3.20. The van der Waals surface area contributed by atoms with Gasteiger partial charge in [0.25, 0.3) is 0 Å². The molecule has 0 saturated carbocycles. The van der Waals surface area contributed by atoms with E-state index in [2.05, 4.69) is 25.5 Å². The van der Waals surface area contributed by atoms with Crippen molar-refractivity contribution in [3.05, 3.63) is 44.4 Å². The Morgan fingerprint density at radius 2 is 2.00 bits per heavy atom. The average Bonchev–Trinajstić information content (AvgIpc) is 2.88. The predicted octanol–water partition coefficient (Wildman–Crippen LogP) is 4.15. The Morgan fingerprint density at radius 3 is 2.62 bits per heavy atom. The maximum Gasteiger partial charge on any atom is 0.143 e. The molecular weight excluding hydrogens is 362 g/mol. The molecule has 2 rings (SSSR count). The zero-order valence-electron chi connectivity index (χ0n) is 11.8. The molecule has 7 heteroatoms. The molecule has 1 aromatic carbocycles. The Balaban J connectivity index is 2.34. The second-order valence-corrected chi connectivity index (χ2v) is 7.42. The van der Waals surface area contributed by atoms with Crippen LogP contribution in [0.1, 0.15) is 43.0 Å². The van der Waals surface area contributed by atoms with Crippen molar-refractivity contribution >= 4 is 27.5 Å². The number of nitrogens with zero attached hydrogens (tertiary/aromatic N) is 2. The molecule has 0 saturated heterocycles. The molecule has 2 aromatic rings. The smallest absolute Gasteiger partial charge is 0.143 e.